The van der Waals surface area contributed by atoms with Gasteiger partial charge in [0.2, 0.25) is 0 Å². The minimum absolute atomic E-state index is 0.203. The van der Waals surface area contributed by atoms with Crippen LogP contribution < -0.4 is 5.32 Å². The largest absolute Gasteiger partial charge is 0.481 e. The van der Waals surface area contributed by atoms with Crippen LogP contribution in [0.2, 0.25) is 0 Å². The maximum absolute atomic E-state index is 12.1. The van der Waals surface area contributed by atoms with E-state index < -0.39 is 11.4 Å². The molecule has 1 fully saturated rings. The molecule has 1 aliphatic heterocycles. The summed E-state index contributed by atoms with van der Waals surface area (Å²) in [5.74, 6) is -0.841. The van der Waals surface area contributed by atoms with E-state index in [9.17, 15) is 14.7 Å². The highest BCUT2D eigenvalue weighted by Crippen LogP contribution is 2.29. The average molecular weight is 294 g/mol. The van der Waals surface area contributed by atoms with Gasteiger partial charge in [-0.3, -0.25) is 9.48 Å². The minimum Gasteiger partial charge on any atom is -0.481 e. The van der Waals surface area contributed by atoms with Gasteiger partial charge in [0.05, 0.1) is 18.2 Å². The van der Waals surface area contributed by atoms with Gasteiger partial charge in [-0.15, -0.1) is 0 Å². The lowest BCUT2D eigenvalue weighted by molar-refractivity contribution is -0.150. The van der Waals surface area contributed by atoms with Gasteiger partial charge >= 0.3 is 12.0 Å². The molecule has 0 aromatic carbocycles. The minimum atomic E-state index is -0.841. The van der Waals surface area contributed by atoms with Gasteiger partial charge in [0.25, 0.3) is 0 Å². The summed E-state index contributed by atoms with van der Waals surface area (Å²) in [6.45, 7) is 5.60. The summed E-state index contributed by atoms with van der Waals surface area (Å²) in [5, 5.41) is 16.2. The van der Waals surface area contributed by atoms with E-state index in [0.29, 0.717) is 32.5 Å². The fraction of sp³-hybridized carbons (Fsp3) is 0.643. The number of likely N-dealkylation sites (tertiary alicyclic amines) is 1. The number of aliphatic carboxylic acids is 1. The van der Waals surface area contributed by atoms with Crippen LogP contribution in [0.3, 0.4) is 0 Å². The van der Waals surface area contributed by atoms with Gasteiger partial charge < -0.3 is 15.3 Å². The van der Waals surface area contributed by atoms with Crippen molar-refractivity contribution >= 4 is 12.0 Å². The fourth-order valence-corrected chi connectivity index (χ4v) is 2.57. The molecule has 0 spiro atoms. The number of aryl methyl sites for hydroxylation is 1. The molecule has 1 atom stereocenters. The summed E-state index contributed by atoms with van der Waals surface area (Å²) in [7, 11) is 0. The van der Waals surface area contributed by atoms with Crippen LogP contribution >= 0.6 is 0 Å². The number of carboxylic acid groups (broad SMARTS) is 1. The standard InChI is InChI=1S/C14H22N4O3/c1-11-8-16-18(9-11)7-5-15-13(21)17-6-3-4-14(2,10-17)12(19)20/h8-9H,3-7,10H2,1-2H3,(H,15,21)(H,19,20). The number of nitrogens with one attached hydrogen (secondary N) is 1. The van der Waals surface area contributed by atoms with Gasteiger partial charge in [0.15, 0.2) is 0 Å². The van der Waals surface area contributed by atoms with Crippen LogP contribution in [0, 0.1) is 12.3 Å². The number of hydrogen-bond donors (Lipinski definition) is 2. The third-order valence-electron chi connectivity index (χ3n) is 3.88. The predicted octanol–water partition coefficient (Wildman–Crippen LogP) is 1.09. The molecule has 1 aromatic rings. The summed E-state index contributed by atoms with van der Waals surface area (Å²) in [4.78, 5) is 25.0. The Kier molecular flexibility index (Phi) is 4.50. The van der Waals surface area contributed by atoms with E-state index in [2.05, 4.69) is 10.4 Å². The van der Waals surface area contributed by atoms with Crippen LogP contribution in [0.4, 0.5) is 4.79 Å². The van der Waals surface area contributed by atoms with Crippen molar-refractivity contribution in [3.63, 3.8) is 0 Å². The molecule has 2 N–H and O–H groups in total. The van der Waals surface area contributed by atoms with E-state index in [1.165, 1.54) is 0 Å². The first kappa shape index (κ1) is 15.3. The van der Waals surface area contributed by atoms with Gasteiger partial charge in [-0.2, -0.15) is 5.10 Å². The maximum atomic E-state index is 12.1. The molecule has 0 aliphatic carbocycles. The van der Waals surface area contributed by atoms with Crippen LogP contribution in [0.25, 0.3) is 0 Å². The molecule has 116 valence electrons. The van der Waals surface area contributed by atoms with Crippen molar-refractivity contribution in [2.24, 2.45) is 5.41 Å². The van der Waals surface area contributed by atoms with Crippen LogP contribution in [-0.4, -0.2) is 51.4 Å². The summed E-state index contributed by atoms with van der Waals surface area (Å²) in [6, 6.07) is -0.203. The van der Waals surface area contributed by atoms with E-state index in [-0.39, 0.29) is 12.6 Å². The second kappa shape index (κ2) is 6.15. The Morgan fingerprint density at radius 1 is 1.52 bits per heavy atom. The normalized spacial score (nSPS) is 22.1. The SMILES string of the molecule is Cc1cnn(CCNC(=O)N2CCCC(C)(C(=O)O)C2)c1. The molecule has 1 unspecified atom stereocenters. The summed E-state index contributed by atoms with van der Waals surface area (Å²) >= 11 is 0. The van der Waals surface area contributed by atoms with Gasteiger partial charge in [-0.05, 0) is 32.3 Å². The quantitative estimate of drug-likeness (QED) is 0.870. The number of rotatable bonds is 4. The number of carboxylic acids is 1. The van der Waals surface area contributed by atoms with E-state index in [1.54, 1.807) is 22.7 Å². The molecular weight excluding hydrogens is 272 g/mol. The first-order valence-electron chi connectivity index (χ1n) is 7.16. The molecule has 2 amide bonds. The molecule has 1 aliphatic rings. The van der Waals surface area contributed by atoms with Crippen molar-refractivity contribution in [1.82, 2.24) is 20.0 Å². The molecule has 0 bridgehead atoms. The Morgan fingerprint density at radius 3 is 2.90 bits per heavy atom. The molecule has 21 heavy (non-hydrogen) atoms. The van der Waals surface area contributed by atoms with E-state index in [1.807, 2.05) is 13.1 Å². The van der Waals surface area contributed by atoms with E-state index in [4.69, 9.17) is 0 Å². The van der Waals surface area contributed by atoms with Gasteiger partial charge in [0, 0.05) is 25.8 Å². The van der Waals surface area contributed by atoms with Gasteiger partial charge in [-0.25, -0.2) is 4.79 Å². The van der Waals surface area contributed by atoms with Crippen LogP contribution in [-0.2, 0) is 11.3 Å². The van der Waals surface area contributed by atoms with Crippen molar-refractivity contribution in [3.05, 3.63) is 18.0 Å². The predicted molar refractivity (Wildman–Crippen MR) is 76.9 cm³/mol. The first-order chi connectivity index (χ1) is 9.90. The van der Waals surface area contributed by atoms with Gasteiger partial charge in [-0.1, -0.05) is 0 Å². The second-order valence-electron chi connectivity index (χ2n) is 5.90. The van der Waals surface area contributed by atoms with Crippen LogP contribution in [0.15, 0.2) is 12.4 Å². The van der Waals surface area contributed by atoms with E-state index in [0.717, 1.165) is 5.56 Å². The number of hydrogen-bond acceptors (Lipinski definition) is 3. The Hall–Kier alpha value is -2.05. The molecule has 2 heterocycles. The molecule has 0 saturated carbocycles. The molecule has 2 rings (SSSR count). The first-order valence-corrected chi connectivity index (χ1v) is 7.16. The van der Waals surface area contributed by atoms with Crippen molar-refractivity contribution in [1.29, 1.82) is 0 Å². The monoisotopic (exact) mass is 294 g/mol. The zero-order chi connectivity index (χ0) is 15.5. The zero-order valence-corrected chi connectivity index (χ0v) is 12.5. The lowest BCUT2D eigenvalue weighted by atomic mass is 9.82. The number of carbonyl (C=O) groups excluding carboxylic acids is 1. The molecule has 0 radical (unpaired) electrons. The van der Waals surface area contributed by atoms with Crippen molar-refractivity contribution in [3.8, 4) is 0 Å². The van der Waals surface area contributed by atoms with Gasteiger partial charge in [0.1, 0.15) is 0 Å². The average Bonchev–Trinajstić information content (AvgIpc) is 2.84. The Morgan fingerprint density at radius 2 is 2.29 bits per heavy atom. The second-order valence-corrected chi connectivity index (χ2v) is 5.90. The third kappa shape index (κ3) is 3.74. The highest BCUT2D eigenvalue weighted by Gasteiger charge is 2.39. The van der Waals surface area contributed by atoms with Crippen LogP contribution in [0.5, 0.6) is 0 Å². The molecule has 1 saturated heterocycles. The molecular formula is C14H22N4O3. The lowest BCUT2D eigenvalue weighted by Crippen LogP contribution is -2.51. The Labute approximate surface area is 123 Å². The third-order valence-corrected chi connectivity index (χ3v) is 3.88. The topological polar surface area (TPSA) is 87.5 Å². The zero-order valence-electron chi connectivity index (χ0n) is 12.5. The van der Waals surface area contributed by atoms with E-state index >= 15 is 0 Å². The lowest BCUT2D eigenvalue weighted by Gasteiger charge is -2.37. The Balaban J connectivity index is 1.81. The molecule has 7 nitrogen and oxygen atoms in total. The summed E-state index contributed by atoms with van der Waals surface area (Å²) in [6.07, 6.45) is 5.01. The number of piperidine rings is 1. The number of carbonyl (C=O) groups is 2. The van der Waals surface area contributed by atoms with Crippen molar-refractivity contribution < 1.29 is 14.7 Å². The highest BCUT2D eigenvalue weighted by atomic mass is 16.4. The fourth-order valence-electron chi connectivity index (χ4n) is 2.57. The number of nitrogens with zero attached hydrogens (tertiary/aromatic N) is 3. The van der Waals surface area contributed by atoms with Crippen LogP contribution in [0.1, 0.15) is 25.3 Å². The number of amides is 2. The number of aromatic nitrogens is 2. The highest BCUT2D eigenvalue weighted by molar-refractivity contribution is 5.78. The number of urea groups is 1. The summed E-state index contributed by atoms with van der Waals surface area (Å²) in [5.41, 5.74) is 0.240. The van der Waals surface area contributed by atoms with Crippen molar-refractivity contribution in [2.75, 3.05) is 19.6 Å². The van der Waals surface area contributed by atoms with Crippen molar-refractivity contribution in [2.45, 2.75) is 33.2 Å². The molecule has 7 heteroatoms. The summed E-state index contributed by atoms with van der Waals surface area (Å²) < 4.78 is 1.77. The smallest absolute Gasteiger partial charge is 0.317 e. The maximum Gasteiger partial charge on any atom is 0.317 e. The Bertz CT molecular complexity index is 528. The molecule has 1 aromatic heterocycles.